The number of aromatic nitrogens is 4. The molecule has 0 aromatic carbocycles. The number of rotatable bonds is 8. The highest BCUT2D eigenvalue weighted by molar-refractivity contribution is 7.61. The molecular formula is C16H26N6O14P2. The van der Waals surface area contributed by atoms with Crippen LogP contribution in [-0.2, 0) is 32.0 Å². The van der Waals surface area contributed by atoms with Gasteiger partial charge in [-0.3, -0.25) is 23.4 Å². The number of nitrogens with two attached hydrogens (primary N) is 2. The lowest BCUT2D eigenvalue weighted by Gasteiger charge is -2.39. The minimum absolute atomic E-state index is 0.0916. The molecule has 38 heavy (non-hydrogen) atoms. The van der Waals surface area contributed by atoms with E-state index in [-0.39, 0.29) is 17.1 Å². The summed E-state index contributed by atoms with van der Waals surface area (Å²) in [5, 5.41) is 40.6. The average molecular weight is 588 g/mol. The third-order valence-electron chi connectivity index (χ3n) is 5.82. The summed E-state index contributed by atoms with van der Waals surface area (Å²) in [5.74, 6) is -0.260. The topological polar surface area (TPSA) is 317 Å². The molecule has 0 saturated carbocycles. The number of nitrogens with one attached hydrogen (secondary N) is 1. The van der Waals surface area contributed by atoms with Gasteiger partial charge in [0.05, 0.1) is 25.1 Å². The van der Waals surface area contributed by atoms with E-state index >= 15 is 0 Å². The van der Waals surface area contributed by atoms with Crippen LogP contribution in [0.15, 0.2) is 11.1 Å². The molecule has 22 heteroatoms. The molecule has 2 aromatic heterocycles. The van der Waals surface area contributed by atoms with Crippen LogP contribution < -0.4 is 17.0 Å². The molecule has 0 bridgehead atoms. The Morgan fingerprint density at radius 2 is 1.79 bits per heavy atom. The van der Waals surface area contributed by atoms with Gasteiger partial charge in [0.25, 0.3) is 5.56 Å². The highest BCUT2D eigenvalue weighted by atomic mass is 31.3. The van der Waals surface area contributed by atoms with Gasteiger partial charge in [-0.1, -0.05) is 0 Å². The van der Waals surface area contributed by atoms with Crippen LogP contribution in [0.3, 0.4) is 0 Å². The molecule has 0 radical (unpaired) electrons. The van der Waals surface area contributed by atoms with Crippen molar-refractivity contribution in [2.24, 2.45) is 5.73 Å². The molecule has 2 fully saturated rings. The van der Waals surface area contributed by atoms with Crippen LogP contribution in [-0.4, -0.2) is 105 Å². The maximum Gasteiger partial charge on any atom is 0.483 e. The molecule has 20 nitrogen and oxygen atoms in total. The van der Waals surface area contributed by atoms with Crippen LogP contribution in [0.5, 0.6) is 0 Å². The quantitative estimate of drug-likeness (QED) is 0.134. The zero-order valence-electron chi connectivity index (χ0n) is 19.3. The van der Waals surface area contributed by atoms with Crippen molar-refractivity contribution < 1.29 is 62.2 Å². The number of anilines is 1. The zero-order chi connectivity index (χ0) is 28.2. The van der Waals surface area contributed by atoms with Gasteiger partial charge in [-0.2, -0.15) is 9.29 Å². The lowest BCUT2D eigenvalue weighted by molar-refractivity contribution is -0.242. The van der Waals surface area contributed by atoms with E-state index < -0.39 is 83.0 Å². The number of hydrogen-bond acceptors (Lipinski definition) is 16. The first kappa shape index (κ1) is 29.1. The number of hydrogen-bond donors (Lipinski definition) is 9. The Morgan fingerprint density at radius 1 is 1.11 bits per heavy atom. The molecule has 0 spiro atoms. The van der Waals surface area contributed by atoms with Gasteiger partial charge in [-0.15, -0.1) is 0 Å². The third kappa shape index (κ3) is 5.83. The summed E-state index contributed by atoms with van der Waals surface area (Å²) in [4.78, 5) is 41.7. The van der Waals surface area contributed by atoms with Gasteiger partial charge in [-0.05, 0) is 6.92 Å². The maximum absolute atomic E-state index is 12.3. The van der Waals surface area contributed by atoms with Crippen molar-refractivity contribution in [3.8, 4) is 0 Å². The van der Waals surface area contributed by atoms with Crippen LogP contribution in [0.2, 0.25) is 0 Å². The summed E-state index contributed by atoms with van der Waals surface area (Å²) in [6.45, 7) is 0.433. The van der Waals surface area contributed by atoms with E-state index in [1.807, 2.05) is 0 Å². The number of fused-ring (bicyclic) bond motifs is 1. The molecule has 11 N–H and O–H groups in total. The lowest BCUT2D eigenvalue weighted by atomic mass is 9.98. The average Bonchev–Trinajstić information content (AvgIpc) is 3.35. The van der Waals surface area contributed by atoms with E-state index in [0.29, 0.717) is 0 Å². The number of nitrogen functional groups attached to an aromatic ring is 1. The number of aliphatic hydroxyl groups excluding tert-OH is 4. The predicted octanol–water partition coefficient (Wildman–Crippen LogP) is -3.63. The highest BCUT2D eigenvalue weighted by Crippen LogP contribution is 2.61. The molecule has 11 atom stereocenters. The number of phosphoric ester groups is 2. The van der Waals surface area contributed by atoms with Gasteiger partial charge in [0.15, 0.2) is 23.7 Å². The van der Waals surface area contributed by atoms with Crippen LogP contribution in [0, 0.1) is 0 Å². The van der Waals surface area contributed by atoms with Gasteiger partial charge >= 0.3 is 15.6 Å². The van der Waals surface area contributed by atoms with Gasteiger partial charge in [-0.25, -0.2) is 14.1 Å². The Kier molecular flexibility index (Phi) is 8.12. The van der Waals surface area contributed by atoms with Crippen LogP contribution in [0.25, 0.3) is 11.2 Å². The van der Waals surface area contributed by atoms with Gasteiger partial charge in [0.2, 0.25) is 5.95 Å². The second-order valence-electron chi connectivity index (χ2n) is 8.51. The lowest BCUT2D eigenvalue weighted by Crippen LogP contribution is -2.60. The Labute approximate surface area is 211 Å². The standard InChI is InChI=1S/C16H26N6O14P2/c1-4-6(17)9(24)11(26)15(33-4)35-38(30,31)36-37(28,29)32-2-5-8(23)10(25)14(34-5)22-3-19-7-12(22)20-16(18)21-13(7)27/h3-6,8-11,14-15,23-26H,2,17H2,1H3,(H,28,29)(H,30,31)(H3,18,20,21,27). The summed E-state index contributed by atoms with van der Waals surface area (Å²) >= 11 is 0. The Hall–Kier alpha value is -1.87. The minimum atomic E-state index is -5.46. The molecule has 214 valence electrons. The summed E-state index contributed by atoms with van der Waals surface area (Å²) in [6, 6.07) is -1.05. The molecule has 11 unspecified atom stereocenters. The Morgan fingerprint density at radius 3 is 2.47 bits per heavy atom. The zero-order valence-corrected chi connectivity index (χ0v) is 21.1. The van der Waals surface area contributed by atoms with E-state index in [0.717, 1.165) is 10.9 Å². The second-order valence-corrected chi connectivity index (χ2v) is 11.5. The van der Waals surface area contributed by atoms with E-state index in [1.54, 1.807) is 0 Å². The maximum atomic E-state index is 12.3. The van der Waals surface area contributed by atoms with Crippen molar-refractivity contribution in [3.05, 3.63) is 16.7 Å². The first-order valence-corrected chi connectivity index (χ1v) is 13.8. The molecule has 2 aromatic rings. The molecular weight excluding hydrogens is 562 g/mol. The molecule has 4 heterocycles. The van der Waals surface area contributed by atoms with Crippen LogP contribution in [0.1, 0.15) is 13.2 Å². The van der Waals surface area contributed by atoms with Crippen LogP contribution in [0.4, 0.5) is 5.95 Å². The monoisotopic (exact) mass is 588 g/mol. The van der Waals surface area contributed by atoms with E-state index in [9.17, 15) is 44.1 Å². The van der Waals surface area contributed by atoms with E-state index in [4.69, 9.17) is 20.9 Å². The van der Waals surface area contributed by atoms with Crippen molar-refractivity contribution in [2.75, 3.05) is 12.3 Å². The smallest absolute Gasteiger partial charge is 0.388 e. The number of aromatic amines is 1. The molecule has 2 saturated heterocycles. The molecule has 0 aliphatic carbocycles. The second kappa shape index (κ2) is 10.6. The fourth-order valence-corrected chi connectivity index (χ4v) is 5.99. The number of aliphatic hydroxyl groups is 4. The molecule has 2 aliphatic rings. The number of nitrogens with zero attached hydrogens (tertiary/aromatic N) is 3. The minimum Gasteiger partial charge on any atom is -0.388 e. The Balaban J connectivity index is 1.39. The van der Waals surface area contributed by atoms with Crippen LogP contribution >= 0.6 is 15.6 Å². The fourth-order valence-electron chi connectivity index (χ4n) is 3.83. The Bertz CT molecular complexity index is 1320. The third-order valence-corrected chi connectivity index (χ3v) is 8.42. The van der Waals surface area contributed by atoms with Crippen molar-refractivity contribution in [3.63, 3.8) is 0 Å². The fraction of sp³-hybridized carbons (Fsp3) is 0.688. The normalized spacial score (nSPS) is 37.2. The molecule has 4 rings (SSSR count). The number of imidazole rings is 1. The largest absolute Gasteiger partial charge is 0.483 e. The SMILES string of the molecule is CC1OC(OP(=O)(O)OP(=O)(O)OCC2OC(n3cnc4c(=O)[nH]c(N)nc43)C(O)C2O)C(O)C(O)C1N. The summed E-state index contributed by atoms with van der Waals surface area (Å²) < 4.78 is 49.6. The summed E-state index contributed by atoms with van der Waals surface area (Å²) in [5.41, 5.74) is 10.2. The van der Waals surface area contributed by atoms with Gasteiger partial charge in [0.1, 0.15) is 30.5 Å². The van der Waals surface area contributed by atoms with E-state index in [1.165, 1.54) is 6.92 Å². The van der Waals surface area contributed by atoms with Crippen molar-refractivity contribution in [1.29, 1.82) is 0 Å². The van der Waals surface area contributed by atoms with Crippen molar-refractivity contribution in [2.45, 2.75) is 62.1 Å². The summed E-state index contributed by atoms with van der Waals surface area (Å²) in [7, 11) is -10.9. The van der Waals surface area contributed by atoms with E-state index in [2.05, 4.69) is 28.3 Å². The number of H-pyrrole nitrogens is 1. The van der Waals surface area contributed by atoms with Crippen molar-refractivity contribution >= 4 is 32.8 Å². The molecule has 0 amide bonds. The van der Waals surface area contributed by atoms with Gasteiger partial charge in [0, 0.05) is 0 Å². The van der Waals surface area contributed by atoms with Gasteiger partial charge < -0.3 is 51.2 Å². The number of ether oxygens (including phenoxy) is 2. The highest BCUT2D eigenvalue weighted by Gasteiger charge is 2.48. The first-order valence-electron chi connectivity index (χ1n) is 10.8. The predicted molar refractivity (Wildman–Crippen MR) is 121 cm³/mol. The van der Waals surface area contributed by atoms with Crippen molar-refractivity contribution in [1.82, 2.24) is 19.5 Å². The first-order chi connectivity index (χ1) is 17.6. The molecule has 2 aliphatic heterocycles. The summed E-state index contributed by atoms with van der Waals surface area (Å²) in [6.07, 6.45) is -11.6. The number of phosphoric acid groups is 2.